The van der Waals surface area contributed by atoms with Crippen molar-refractivity contribution in [1.82, 2.24) is 10.3 Å². The highest BCUT2D eigenvalue weighted by Gasteiger charge is 2.13. The van der Waals surface area contributed by atoms with Gasteiger partial charge in [-0.3, -0.25) is 9.78 Å². The van der Waals surface area contributed by atoms with Crippen molar-refractivity contribution in [2.24, 2.45) is 0 Å². The lowest BCUT2D eigenvalue weighted by molar-refractivity contribution is 0.101. The summed E-state index contributed by atoms with van der Waals surface area (Å²) in [5, 5.41) is 3.58. The molecule has 0 aliphatic carbocycles. The fraction of sp³-hybridized carbons (Fsp3) is 0.231. The normalized spacial score (nSPS) is 13.1. The molecule has 0 saturated heterocycles. The lowest BCUT2D eigenvalue weighted by Crippen LogP contribution is -2.28. The minimum absolute atomic E-state index is 0.0252. The van der Waals surface area contributed by atoms with Crippen LogP contribution in [0.25, 0.3) is 11.3 Å². The Labute approximate surface area is 174 Å². The molecule has 0 aliphatic heterocycles. The molecular formula is C26H30N2O. The summed E-state index contributed by atoms with van der Waals surface area (Å²) < 4.78 is 0. The van der Waals surface area contributed by atoms with Gasteiger partial charge in [-0.15, -0.1) is 0 Å². The van der Waals surface area contributed by atoms with E-state index in [2.05, 4.69) is 60.7 Å². The van der Waals surface area contributed by atoms with Crippen LogP contribution in [-0.2, 0) is 6.54 Å². The zero-order chi connectivity index (χ0) is 21.4. The van der Waals surface area contributed by atoms with Crippen LogP contribution < -0.4 is 5.32 Å². The number of nitrogens with one attached hydrogen (secondary N) is 1. The Balaban J connectivity index is 2.07. The van der Waals surface area contributed by atoms with Gasteiger partial charge in [0.2, 0.25) is 0 Å². The molecule has 0 unspecified atom stereocenters. The fourth-order valence-corrected chi connectivity index (χ4v) is 3.20. The van der Waals surface area contributed by atoms with E-state index >= 15 is 0 Å². The number of carbonyl (C=O) groups excluding carboxylic acids is 1. The summed E-state index contributed by atoms with van der Waals surface area (Å²) in [4.78, 5) is 15.8. The molecule has 1 aromatic heterocycles. The summed E-state index contributed by atoms with van der Waals surface area (Å²) >= 11 is 0. The average Bonchev–Trinajstić information content (AvgIpc) is 2.72. The summed E-state index contributed by atoms with van der Waals surface area (Å²) in [5.74, 6) is 0.0252. The van der Waals surface area contributed by atoms with Crippen LogP contribution in [0.4, 0.5) is 0 Å². The number of Topliss-reactive ketones (excluding diaryl/α,β-unsaturated/α-hetero) is 1. The van der Waals surface area contributed by atoms with Crippen LogP contribution in [0.15, 0.2) is 90.7 Å². The van der Waals surface area contributed by atoms with Crippen molar-refractivity contribution in [3.05, 3.63) is 102 Å². The first-order chi connectivity index (χ1) is 13.9. The Hall–Kier alpha value is -3.04. The monoisotopic (exact) mass is 386 g/mol. The summed E-state index contributed by atoms with van der Waals surface area (Å²) in [6.07, 6.45) is 7.58. The molecule has 150 valence electrons. The summed E-state index contributed by atoms with van der Waals surface area (Å²) in [6.45, 7) is 16.4. The van der Waals surface area contributed by atoms with E-state index in [1.807, 2.05) is 38.1 Å². The number of nitrogens with zero attached hydrogens (tertiary/aromatic N) is 1. The highest BCUT2D eigenvalue weighted by atomic mass is 16.1. The molecule has 1 heterocycles. The third-order valence-electron chi connectivity index (χ3n) is 4.86. The first-order valence-corrected chi connectivity index (χ1v) is 9.82. The van der Waals surface area contributed by atoms with Gasteiger partial charge in [-0.05, 0) is 56.5 Å². The molecule has 0 radical (unpaired) electrons. The molecule has 1 aromatic carbocycles. The second-order valence-corrected chi connectivity index (χ2v) is 7.13. The van der Waals surface area contributed by atoms with E-state index in [0.29, 0.717) is 5.56 Å². The molecule has 0 spiro atoms. The van der Waals surface area contributed by atoms with E-state index in [0.717, 1.165) is 28.9 Å². The van der Waals surface area contributed by atoms with Gasteiger partial charge in [-0.25, -0.2) is 0 Å². The summed E-state index contributed by atoms with van der Waals surface area (Å²) in [6, 6.07) is 12.2. The molecule has 0 aliphatic rings. The number of pyridine rings is 1. The van der Waals surface area contributed by atoms with Crippen molar-refractivity contribution in [3.8, 4) is 11.3 Å². The molecule has 29 heavy (non-hydrogen) atoms. The lowest BCUT2D eigenvalue weighted by Gasteiger charge is -2.21. The van der Waals surface area contributed by atoms with E-state index < -0.39 is 0 Å². The number of ketones is 1. The van der Waals surface area contributed by atoms with Gasteiger partial charge in [0.1, 0.15) is 0 Å². The molecule has 2 aromatic rings. The van der Waals surface area contributed by atoms with Crippen LogP contribution in [0.3, 0.4) is 0 Å². The second kappa shape index (κ2) is 10.5. The highest BCUT2D eigenvalue weighted by molar-refractivity contribution is 5.93. The molecule has 3 nitrogen and oxygen atoms in total. The molecular weight excluding hydrogens is 356 g/mol. The van der Waals surface area contributed by atoms with Gasteiger partial charge in [-0.1, -0.05) is 61.2 Å². The van der Waals surface area contributed by atoms with Crippen molar-refractivity contribution in [2.45, 2.75) is 40.3 Å². The van der Waals surface area contributed by atoms with Crippen molar-refractivity contribution >= 4 is 5.78 Å². The minimum Gasteiger partial charge on any atom is -0.306 e. The van der Waals surface area contributed by atoms with Crippen LogP contribution in [-0.4, -0.2) is 16.8 Å². The fourth-order valence-electron chi connectivity index (χ4n) is 3.20. The Morgan fingerprint density at radius 2 is 1.86 bits per heavy atom. The largest absolute Gasteiger partial charge is 0.306 e. The van der Waals surface area contributed by atoms with Crippen LogP contribution in [0.2, 0.25) is 0 Å². The second-order valence-electron chi connectivity index (χ2n) is 7.13. The number of allylic oxidation sites excluding steroid dienone is 4. The van der Waals surface area contributed by atoms with Gasteiger partial charge in [0.15, 0.2) is 5.78 Å². The Kier molecular flexibility index (Phi) is 8.05. The van der Waals surface area contributed by atoms with Crippen LogP contribution in [0, 0.1) is 0 Å². The number of carbonyl (C=O) groups is 1. The van der Waals surface area contributed by atoms with Crippen LogP contribution in [0.1, 0.15) is 43.6 Å². The van der Waals surface area contributed by atoms with Crippen molar-refractivity contribution in [2.75, 3.05) is 0 Å². The summed E-state index contributed by atoms with van der Waals surface area (Å²) in [5.41, 5.74) is 7.09. The quantitative estimate of drug-likeness (QED) is 0.420. The zero-order valence-electron chi connectivity index (χ0n) is 17.8. The van der Waals surface area contributed by atoms with E-state index in [-0.39, 0.29) is 11.8 Å². The lowest BCUT2D eigenvalue weighted by atomic mass is 9.94. The number of hydrogen-bond donors (Lipinski definition) is 1. The Morgan fingerprint density at radius 3 is 2.34 bits per heavy atom. The minimum atomic E-state index is 0.0252. The number of rotatable bonds is 9. The third kappa shape index (κ3) is 5.97. The molecule has 0 saturated carbocycles. The standard InChI is InChI=1S/C26H30N2O/c1-7-9-25(24(8-2)18(3)4)19(5)27-16-21-10-12-22(13-11-21)26-15-14-23(17-28-26)20(6)29/h7-15,17,19,27H,1,3,16H2,2,4-6H3/b24-8+,25-9-/t19-/m0/s1. The number of benzene rings is 1. The summed E-state index contributed by atoms with van der Waals surface area (Å²) in [7, 11) is 0. The highest BCUT2D eigenvalue weighted by Crippen LogP contribution is 2.22. The Bertz CT molecular complexity index is 932. The van der Waals surface area contributed by atoms with Gasteiger partial charge < -0.3 is 5.32 Å². The van der Waals surface area contributed by atoms with E-state index in [9.17, 15) is 4.79 Å². The van der Waals surface area contributed by atoms with Gasteiger partial charge in [-0.2, -0.15) is 0 Å². The predicted octanol–water partition coefficient (Wildman–Crippen LogP) is 6.06. The Morgan fingerprint density at radius 1 is 1.17 bits per heavy atom. The van der Waals surface area contributed by atoms with E-state index in [1.165, 1.54) is 11.1 Å². The van der Waals surface area contributed by atoms with Gasteiger partial charge in [0.25, 0.3) is 0 Å². The molecule has 1 atom stereocenters. The smallest absolute Gasteiger partial charge is 0.161 e. The van der Waals surface area contributed by atoms with Crippen molar-refractivity contribution < 1.29 is 4.79 Å². The average molecular weight is 387 g/mol. The molecule has 1 N–H and O–H groups in total. The van der Waals surface area contributed by atoms with Gasteiger partial charge in [0.05, 0.1) is 5.69 Å². The molecule has 2 rings (SSSR count). The first kappa shape index (κ1) is 22.3. The maximum Gasteiger partial charge on any atom is 0.161 e. The van der Waals surface area contributed by atoms with Gasteiger partial charge in [0, 0.05) is 29.9 Å². The van der Waals surface area contributed by atoms with Crippen molar-refractivity contribution in [3.63, 3.8) is 0 Å². The maximum atomic E-state index is 11.4. The zero-order valence-corrected chi connectivity index (χ0v) is 17.8. The van der Waals surface area contributed by atoms with Gasteiger partial charge >= 0.3 is 0 Å². The topological polar surface area (TPSA) is 42.0 Å². The van der Waals surface area contributed by atoms with Crippen molar-refractivity contribution in [1.29, 1.82) is 0 Å². The van der Waals surface area contributed by atoms with Crippen LogP contribution >= 0.6 is 0 Å². The molecule has 3 heteroatoms. The number of hydrogen-bond acceptors (Lipinski definition) is 3. The molecule has 0 amide bonds. The molecule has 0 fully saturated rings. The van der Waals surface area contributed by atoms with E-state index in [4.69, 9.17) is 0 Å². The van der Waals surface area contributed by atoms with Crippen LogP contribution in [0.5, 0.6) is 0 Å². The first-order valence-electron chi connectivity index (χ1n) is 9.82. The molecule has 0 bridgehead atoms. The third-order valence-corrected chi connectivity index (χ3v) is 4.86. The van der Waals surface area contributed by atoms with E-state index in [1.54, 1.807) is 13.1 Å². The maximum absolute atomic E-state index is 11.4. The predicted molar refractivity (Wildman–Crippen MR) is 123 cm³/mol. The number of aromatic nitrogens is 1. The SMILES string of the molecule is C=C/C=C(\C(=C\C)C(=C)C)[C@H](C)NCc1ccc(-c2ccc(C(C)=O)cn2)cc1.